The van der Waals surface area contributed by atoms with E-state index in [1.54, 1.807) is 0 Å². The first-order valence-electron chi connectivity index (χ1n) is 23.3. The van der Waals surface area contributed by atoms with Gasteiger partial charge in [-0.25, -0.2) is 0 Å². The molecule has 6 aromatic rings. The van der Waals surface area contributed by atoms with Gasteiger partial charge in [-0.3, -0.25) is 0 Å². The number of benzene rings is 4. The number of aryl methyl sites for hydroxylation is 4. The zero-order valence-corrected chi connectivity index (χ0v) is 42.7. The second kappa shape index (κ2) is 15.1. The number of allylic oxidation sites excluding steroid dienone is 2. The molecular formula is C60H72O2Si. The van der Waals surface area contributed by atoms with Gasteiger partial charge in [0, 0.05) is 22.2 Å². The maximum atomic E-state index is 6.67. The number of fused-ring (bicyclic) bond motifs is 2. The van der Waals surface area contributed by atoms with Crippen molar-refractivity contribution in [2.45, 2.75) is 157 Å². The molecule has 2 aliphatic carbocycles. The van der Waals surface area contributed by atoms with Crippen molar-refractivity contribution >= 4 is 31.4 Å². The van der Waals surface area contributed by atoms with E-state index in [0.29, 0.717) is 0 Å². The Hall–Kier alpha value is -4.86. The summed E-state index contributed by atoms with van der Waals surface area (Å²) >= 11 is 0. The average molecular weight is 853 g/mol. The maximum absolute atomic E-state index is 6.67. The van der Waals surface area contributed by atoms with E-state index < -0.39 is 8.07 Å². The highest BCUT2D eigenvalue weighted by Gasteiger charge is 2.51. The van der Waals surface area contributed by atoms with E-state index in [4.69, 9.17) is 8.83 Å². The maximum Gasteiger partial charge on any atom is 0.130 e. The van der Waals surface area contributed by atoms with Crippen LogP contribution in [0.15, 0.2) is 93.8 Å². The fourth-order valence-electron chi connectivity index (χ4n) is 10.5. The number of rotatable bonds is 6. The van der Waals surface area contributed by atoms with Gasteiger partial charge < -0.3 is 8.83 Å². The lowest BCUT2D eigenvalue weighted by Gasteiger charge is -2.39. The molecule has 2 aliphatic rings. The molecule has 0 bridgehead atoms. The summed E-state index contributed by atoms with van der Waals surface area (Å²) in [5, 5.41) is 0. The Morgan fingerprint density at radius 2 is 0.730 bits per heavy atom. The van der Waals surface area contributed by atoms with Crippen molar-refractivity contribution in [1.82, 2.24) is 0 Å². The second-order valence-electron chi connectivity index (χ2n) is 23.8. The van der Waals surface area contributed by atoms with Gasteiger partial charge in [-0.05, 0) is 164 Å². The molecule has 0 spiro atoms. The van der Waals surface area contributed by atoms with Crippen molar-refractivity contribution in [3.8, 4) is 22.3 Å². The van der Waals surface area contributed by atoms with Gasteiger partial charge in [-0.2, -0.15) is 0 Å². The number of hydrogen-bond donors (Lipinski definition) is 0. The van der Waals surface area contributed by atoms with Crippen LogP contribution in [-0.4, -0.2) is 8.07 Å². The Bertz CT molecular complexity index is 2580. The van der Waals surface area contributed by atoms with Crippen molar-refractivity contribution in [2.75, 3.05) is 0 Å². The van der Waals surface area contributed by atoms with Crippen LogP contribution in [0.25, 0.3) is 45.6 Å². The van der Waals surface area contributed by atoms with Crippen LogP contribution in [0.2, 0.25) is 13.1 Å². The zero-order valence-electron chi connectivity index (χ0n) is 41.7. The lowest BCUT2D eigenvalue weighted by molar-refractivity contribution is 0.519. The van der Waals surface area contributed by atoms with E-state index in [-0.39, 0.29) is 32.7 Å². The lowest BCUT2D eigenvalue weighted by atomic mass is 9.78. The summed E-state index contributed by atoms with van der Waals surface area (Å²) in [5.41, 5.74) is 21.8. The van der Waals surface area contributed by atoms with E-state index in [9.17, 15) is 0 Å². The Labute approximate surface area is 381 Å². The van der Waals surface area contributed by atoms with Crippen LogP contribution in [0.5, 0.6) is 0 Å². The van der Waals surface area contributed by atoms with Crippen LogP contribution in [0.3, 0.4) is 0 Å². The molecule has 0 radical (unpaired) electrons. The topological polar surface area (TPSA) is 26.3 Å². The first-order valence-corrected chi connectivity index (χ1v) is 26.5. The summed E-state index contributed by atoms with van der Waals surface area (Å²) in [6.45, 7) is 42.1. The molecule has 2 unspecified atom stereocenters. The summed E-state index contributed by atoms with van der Waals surface area (Å²) in [7, 11) is -2.52. The van der Waals surface area contributed by atoms with Gasteiger partial charge in [0.1, 0.15) is 23.0 Å². The predicted octanol–water partition coefficient (Wildman–Crippen LogP) is 17.4. The third-order valence-electron chi connectivity index (χ3n) is 14.3. The highest BCUT2D eigenvalue weighted by Crippen LogP contribution is 2.59. The minimum Gasteiger partial charge on any atom is -0.462 e. The van der Waals surface area contributed by atoms with Crippen molar-refractivity contribution < 1.29 is 8.83 Å². The van der Waals surface area contributed by atoms with Crippen molar-refractivity contribution in [2.24, 2.45) is 0 Å². The summed E-state index contributed by atoms with van der Waals surface area (Å²) in [6, 6.07) is 33.1. The molecule has 0 fully saturated rings. The van der Waals surface area contributed by atoms with Crippen LogP contribution in [0.1, 0.15) is 173 Å². The van der Waals surface area contributed by atoms with Crippen LogP contribution >= 0.6 is 0 Å². The first-order chi connectivity index (χ1) is 29.1. The molecule has 0 aliphatic heterocycles. The van der Waals surface area contributed by atoms with Gasteiger partial charge in [0.25, 0.3) is 0 Å². The van der Waals surface area contributed by atoms with Crippen LogP contribution in [0, 0.1) is 27.7 Å². The van der Waals surface area contributed by atoms with E-state index in [2.05, 4.69) is 221 Å². The Morgan fingerprint density at radius 3 is 1.00 bits per heavy atom. The molecule has 3 heteroatoms. The Morgan fingerprint density at radius 1 is 0.413 bits per heavy atom. The van der Waals surface area contributed by atoms with Gasteiger partial charge >= 0.3 is 0 Å². The molecular weight excluding hydrogens is 781 g/mol. The smallest absolute Gasteiger partial charge is 0.130 e. The van der Waals surface area contributed by atoms with Gasteiger partial charge in [0.15, 0.2) is 0 Å². The summed E-state index contributed by atoms with van der Waals surface area (Å²) in [5.74, 6) is 3.84. The number of furan rings is 2. The molecule has 0 saturated heterocycles. The van der Waals surface area contributed by atoms with Crippen LogP contribution < -0.4 is 0 Å². The third-order valence-corrected chi connectivity index (χ3v) is 18.5. The molecule has 2 aromatic heterocycles. The van der Waals surface area contributed by atoms with E-state index >= 15 is 0 Å². The molecule has 0 N–H and O–H groups in total. The monoisotopic (exact) mass is 853 g/mol. The molecule has 2 nitrogen and oxygen atoms in total. The quantitative estimate of drug-likeness (QED) is 0.156. The van der Waals surface area contributed by atoms with Gasteiger partial charge in [-0.1, -0.05) is 157 Å². The second-order valence-corrected chi connectivity index (χ2v) is 28.6. The van der Waals surface area contributed by atoms with Crippen molar-refractivity contribution in [1.29, 1.82) is 0 Å². The minimum atomic E-state index is -2.52. The minimum absolute atomic E-state index is 0.00832. The van der Waals surface area contributed by atoms with Crippen molar-refractivity contribution in [3.05, 3.63) is 164 Å². The molecule has 328 valence electrons. The molecule has 63 heavy (non-hydrogen) atoms. The fourth-order valence-corrected chi connectivity index (χ4v) is 15.0. The van der Waals surface area contributed by atoms with Crippen LogP contribution in [-0.2, 0) is 21.7 Å². The van der Waals surface area contributed by atoms with Crippen molar-refractivity contribution in [3.63, 3.8) is 0 Å². The van der Waals surface area contributed by atoms with Gasteiger partial charge in [0.05, 0.1) is 8.07 Å². The van der Waals surface area contributed by atoms with Gasteiger partial charge in [-0.15, -0.1) is 0 Å². The van der Waals surface area contributed by atoms with E-state index in [1.807, 2.05) is 0 Å². The first kappa shape index (κ1) is 44.7. The summed E-state index contributed by atoms with van der Waals surface area (Å²) in [6.07, 6.45) is 5.03. The zero-order chi connectivity index (χ0) is 45.9. The Balaban J connectivity index is 1.39. The van der Waals surface area contributed by atoms with E-state index in [0.717, 1.165) is 23.0 Å². The van der Waals surface area contributed by atoms with E-state index in [1.165, 1.54) is 89.0 Å². The normalized spacial score (nSPS) is 16.9. The molecule has 0 amide bonds. The van der Waals surface area contributed by atoms with Crippen LogP contribution in [0.4, 0.5) is 0 Å². The third kappa shape index (κ3) is 8.02. The predicted molar refractivity (Wildman–Crippen MR) is 274 cm³/mol. The highest BCUT2D eigenvalue weighted by molar-refractivity contribution is 6.84. The molecule has 4 aromatic carbocycles. The average Bonchev–Trinajstić information content (AvgIpc) is 3.98. The van der Waals surface area contributed by atoms with Gasteiger partial charge in [0.2, 0.25) is 0 Å². The SMILES string of the molecule is Cc1ccc(C2=Cc3c(ccc(C)c3-c3cc(C(C)(C)C)cc(C(C)(C)C)c3)C2[Si](C)(C)C2C(c3ccc(C)o3)=Cc3c2ccc(C)c3-c2cc(C(C)(C)C)cc(C(C)(C)C)c2)o1. The molecule has 2 atom stereocenters. The largest absolute Gasteiger partial charge is 0.462 e. The molecule has 8 rings (SSSR count). The summed E-state index contributed by atoms with van der Waals surface area (Å²) < 4.78 is 13.3. The fraction of sp³-hybridized carbons (Fsp3) is 0.400. The number of hydrogen-bond acceptors (Lipinski definition) is 2. The Kier molecular flexibility index (Phi) is 10.7. The molecule has 0 saturated carbocycles. The lowest BCUT2D eigenvalue weighted by Crippen LogP contribution is -2.42. The molecule has 2 heterocycles. The summed E-state index contributed by atoms with van der Waals surface area (Å²) in [4.78, 5) is 0. The highest BCUT2D eigenvalue weighted by atomic mass is 28.3. The standard InChI is InChI=1S/C60H72O2Si/c1-35-19-23-45-47(53(35)39-27-41(57(5,6)7)31-42(28-39)58(8,9)10)33-49(51-25-21-37(3)61-51)55(45)63(17,18)56-46-24-20-36(2)54(48(46)34-50(56)52-26-22-38(4)62-52)40-29-43(59(11,12)13)32-44(30-40)60(14,15)16/h19-34,55-56H,1-18H3.